The number of benzene rings is 1. The number of furan rings is 1. The molecule has 7 heteroatoms. The third-order valence-corrected chi connectivity index (χ3v) is 5.79. The fraction of sp³-hybridized carbons (Fsp3) is 0.522. The van der Waals surface area contributed by atoms with Crippen molar-refractivity contribution in [3.63, 3.8) is 0 Å². The van der Waals surface area contributed by atoms with Gasteiger partial charge in [-0.15, -0.1) is 0 Å². The lowest BCUT2D eigenvalue weighted by Crippen LogP contribution is -2.44. The van der Waals surface area contributed by atoms with E-state index in [0.29, 0.717) is 51.5 Å². The molecule has 0 saturated carbocycles. The van der Waals surface area contributed by atoms with E-state index in [2.05, 4.69) is 0 Å². The molecule has 0 aliphatic carbocycles. The Morgan fingerprint density at radius 2 is 2.07 bits per heavy atom. The van der Waals surface area contributed by atoms with Crippen LogP contribution in [0, 0.1) is 5.92 Å². The molecule has 2 aliphatic rings. The summed E-state index contributed by atoms with van der Waals surface area (Å²) < 4.78 is 23.2. The van der Waals surface area contributed by atoms with Crippen molar-refractivity contribution in [1.82, 2.24) is 4.90 Å². The topological polar surface area (TPSA) is 81.4 Å². The van der Waals surface area contributed by atoms with Gasteiger partial charge in [-0.2, -0.15) is 0 Å². The van der Waals surface area contributed by atoms with Gasteiger partial charge in [0.2, 0.25) is 6.29 Å². The molecule has 0 radical (unpaired) electrons. The van der Waals surface area contributed by atoms with E-state index < -0.39 is 6.29 Å². The normalized spacial score (nSPS) is 24.5. The van der Waals surface area contributed by atoms with Crippen molar-refractivity contribution in [2.75, 3.05) is 39.5 Å². The zero-order valence-corrected chi connectivity index (χ0v) is 17.3. The molecule has 1 fully saturated rings. The number of carbonyl (C=O) groups is 1. The fourth-order valence-electron chi connectivity index (χ4n) is 4.29. The van der Waals surface area contributed by atoms with Crippen molar-refractivity contribution in [2.24, 2.45) is 5.92 Å². The van der Waals surface area contributed by atoms with Gasteiger partial charge in [0.15, 0.2) is 5.76 Å². The number of ether oxygens (including phenoxy) is 3. The first-order valence-electron chi connectivity index (χ1n) is 10.7. The van der Waals surface area contributed by atoms with Crippen molar-refractivity contribution < 1.29 is 28.5 Å². The van der Waals surface area contributed by atoms with E-state index in [1.54, 1.807) is 11.2 Å². The van der Waals surface area contributed by atoms with Crippen molar-refractivity contribution in [1.29, 1.82) is 0 Å². The Bertz CT molecular complexity index is 885. The quantitative estimate of drug-likeness (QED) is 0.749. The van der Waals surface area contributed by atoms with Crippen molar-refractivity contribution in [3.8, 4) is 0 Å². The predicted molar refractivity (Wildman–Crippen MR) is 111 cm³/mol. The van der Waals surface area contributed by atoms with E-state index in [1.165, 1.54) is 0 Å². The number of allylic oxidation sites excluding steroid dienone is 1. The van der Waals surface area contributed by atoms with E-state index >= 15 is 0 Å². The fourth-order valence-corrected chi connectivity index (χ4v) is 4.29. The van der Waals surface area contributed by atoms with Gasteiger partial charge >= 0.3 is 0 Å². The number of morpholine rings is 1. The SMILES string of the molecule is CCOC1OC(C(=O)N2CCOCC2)=CC(c2coc3ccccc23)C1CCCO. The molecular weight excluding hydrogens is 386 g/mol. The zero-order chi connectivity index (χ0) is 20.9. The number of hydrogen-bond acceptors (Lipinski definition) is 6. The second-order valence-corrected chi connectivity index (χ2v) is 7.62. The lowest BCUT2D eigenvalue weighted by Gasteiger charge is -2.38. The molecule has 1 saturated heterocycles. The molecule has 0 spiro atoms. The van der Waals surface area contributed by atoms with E-state index in [1.807, 2.05) is 37.3 Å². The highest BCUT2D eigenvalue weighted by molar-refractivity contribution is 5.92. The first-order valence-corrected chi connectivity index (χ1v) is 10.7. The third-order valence-electron chi connectivity index (χ3n) is 5.79. The largest absolute Gasteiger partial charge is 0.464 e. The standard InChI is InChI=1S/C23H29NO6/c1-2-28-23-17(7-5-11-25)18(19-15-29-20-8-4-3-6-16(19)20)14-21(30-23)22(26)24-9-12-27-13-10-24/h3-4,6,8,14-15,17-18,23,25H,2,5,7,9-13H2,1H3. The summed E-state index contributed by atoms with van der Waals surface area (Å²) in [6.45, 7) is 4.63. The van der Waals surface area contributed by atoms with Gasteiger partial charge < -0.3 is 28.6 Å². The van der Waals surface area contributed by atoms with E-state index in [-0.39, 0.29) is 24.3 Å². The minimum absolute atomic E-state index is 0.0423. The number of amides is 1. The average molecular weight is 415 g/mol. The van der Waals surface area contributed by atoms with Crippen LogP contribution in [0.4, 0.5) is 0 Å². The summed E-state index contributed by atoms with van der Waals surface area (Å²) in [6, 6.07) is 7.88. The molecule has 3 unspecified atom stereocenters. The minimum atomic E-state index is -0.565. The van der Waals surface area contributed by atoms with Crippen LogP contribution in [0.5, 0.6) is 0 Å². The predicted octanol–water partition coefficient (Wildman–Crippen LogP) is 3.04. The Morgan fingerprint density at radius 1 is 1.27 bits per heavy atom. The maximum absolute atomic E-state index is 13.2. The lowest BCUT2D eigenvalue weighted by molar-refractivity contribution is -0.171. The van der Waals surface area contributed by atoms with Gasteiger partial charge in [-0.3, -0.25) is 4.79 Å². The number of hydrogen-bond donors (Lipinski definition) is 1. The molecule has 3 atom stereocenters. The summed E-state index contributed by atoms with van der Waals surface area (Å²) >= 11 is 0. The van der Waals surface area contributed by atoms with Crippen molar-refractivity contribution >= 4 is 16.9 Å². The number of carbonyl (C=O) groups excluding carboxylic acids is 1. The van der Waals surface area contributed by atoms with Crippen LogP contribution in [-0.2, 0) is 19.0 Å². The number of nitrogens with zero attached hydrogens (tertiary/aromatic N) is 1. The van der Waals surface area contributed by atoms with E-state index in [4.69, 9.17) is 18.6 Å². The lowest BCUT2D eigenvalue weighted by atomic mass is 9.80. The maximum Gasteiger partial charge on any atom is 0.288 e. The highest BCUT2D eigenvalue weighted by Crippen LogP contribution is 2.42. The van der Waals surface area contributed by atoms with Crippen LogP contribution in [0.3, 0.4) is 0 Å². The van der Waals surface area contributed by atoms with Crippen molar-refractivity contribution in [2.45, 2.75) is 32.0 Å². The maximum atomic E-state index is 13.2. The van der Waals surface area contributed by atoms with E-state index in [0.717, 1.165) is 16.5 Å². The van der Waals surface area contributed by atoms with Crippen LogP contribution in [0.25, 0.3) is 11.0 Å². The average Bonchev–Trinajstić information content (AvgIpc) is 3.22. The van der Waals surface area contributed by atoms with Gasteiger partial charge in [-0.1, -0.05) is 18.2 Å². The van der Waals surface area contributed by atoms with Crippen LogP contribution in [0.2, 0.25) is 0 Å². The molecule has 0 bridgehead atoms. The highest BCUT2D eigenvalue weighted by atomic mass is 16.7. The first kappa shape index (κ1) is 20.9. The second-order valence-electron chi connectivity index (χ2n) is 7.62. The van der Waals surface area contributed by atoms with Gasteiger partial charge in [-0.25, -0.2) is 0 Å². The second kappa shape index (κ2) is 9.64. The van der Waals surface area contributed by atoms with E-state index in [9.17, 15) is 9.90 Å². The minimum Gasteiger partial charge on any atom is -0.464 e. The summed E-state index contributed by atoms with van der Waals surface area (Å²) in [4.78, 5) is 14.9. The molecule has 162 valence electrons. The van der Waals surface area contributed by atoms with Crippen LogP contribution in [0.15, 0.2) is 46.8 Å². The summed E-state index contributed by atoms with van der Waals surface area (Å²) in [5.74, 6) is 0.0112. The summed E-state index contributed by atoms with van der Waals surface area (Å²) in [5, 5.41) is 10.4. The van der Waals surface area contributed by atoms with Crippen molar-refractivity contribution in [3.05, 3.63) is 47.9 Å². The Morgan fingerprint density at radius 3 is 2.83 bits per heavy atom. The smallest absolute Gasteiger partial charge is 0.288 e. The molecule has 30 heavy (non-hydrogen) atoms. The first-order chi connectivity index (χ1) is 14.7. The number of aliphatic hydroxyl groups excluding tert-OH is 1. The Hall–Kier alpha value is -2.35. The van der Waals surface area contributed by atoms with Gasteiger partial charge in [0.05, 0.1) is 19.5 Å². The molecular formula is C23H29NO6. The monoisotopic (exact) mass is 415 g/mol. The molecule has 7 nitrogen and oxygen atoms in total. The van der Waals surface area contributed by atoms with Crippen LogP contribution < -0.4 is 0 Å². The number of para-hydroxylation sites is 1. The Balaban J connectivity index is 1.73. The molecule has 1 aromatic carbocycles. The number of rotatable bonds is 7. The summed E-state index contributed by atoms with van der Waals surface area (Å²) in [6.07, 6.45) is 4.45. The van der Waals surface area contributed by atoms with Gasteiger partial charge in [0.25, 0.3) is 5.91 Å². The Labute approximate surface area is 176 Å². The Kier molecular flexibility index (Phi) is 6.72. The molecule has 3 heterocycles. The highest BCUT2D eigenvalue weighted by Gasteiger charge is 2.40. The third kappa shape index (κ3) is 4.24. The van der Waals surface area contributed by atoms with Crippen LogP contribution in [-0.4, -0.2) is 61.7 Å². The van der Waals surface area contributed by atoms with Gasteiger partial charge in [-0.05, 0) is 31.9 Å². The van der Waals surface area contributed by atoms with Crippen LogP contribution >= 0.6 is 0 Å². The molecule has 1 N–H and O–H groups in total. The van der Waals surface area contributed by atoms with Crippen LogP contribution in [0.1, 0.15) is 31.2 Å². The number of fused-ring (bicyclic) bond motifs is 1. The number of aliphatic hydroxyl groups is 1. The molecule has 2 aromatic rings. The molecule has 4 rings (SSSR count). The summed E-state index contributed by atoms with van der Waals surface area (Å²) in [5.41, 5.74) is 1.82. The molecule has 1 aromatic heterocycles. The zero-order valence-electron chi connectivity index (χ0n) is 17.3. The van der Waals surface area contributed by atoms with Gasteiger partial charge in [0, 0.05) is 49.1 Å². The summed E-state index contributed by atoms with van der Waals surface area (Å²) in [7, 11) is 0. The molecule has 2 aliphatic heterocycles. The van der Waals surface area contributed by atoms with Gasteiger partial charge in [0.1, 0.15) is 5.58 Å². The molecule has 1 amide bonds.